The van der Waals surface area contributed by atoms with E-state index in [9.17, 15) is 21.2 Å². The maximum absolute atomic E-state index is 13.3. The standard InChI is InChI=1S/C21H27FN2O4S2/c1-16-6-9-20(10-7-16)30(27,28)24-14-4-3-5-19(24)12-13-23-29(25,26)21-11-8-18(22)15-17(21)2/h6-11,15,19,23H,3-5,12-14H2,1-2H3. The van der Waals surface area contributed by atoms with Crippen LogP contribution in [0.15, 0.2) is 52.3 Å². The Bertz CT molecular complexity index is 1100. The zero-order chi connectivity index (χ0) is 21.9. The lowest BCUT2D eigenvalue weighted by Crippen LogP contribution is -2.45. The summed E-state index contributed by atoms with van der Waals surface area (Å²) in [5, 5.41) is 0. The van der Waals surface area contributed by atoms with E-state index in [1.54, 1.807) is 24.3 Å². The van der Waals surface area contributed by atoms with Gasteiger partial charge in [0.1, 0.15) is 5.82 Å². The van der Waals surface area contributed by atoms with Gasteiger partial charge in [0.05, 0.1) is 9.79 Å². The Labute approximate surface area is 178 Å². The molecular formula is C21H27FN2O4S2. The maximum atomic E-state index is 13.3. The van der Waals surface area contributed by atoms with Gasteiger partial charge in [-0.2, -0.15) is 4.31 Å². The Morgan fingerprint density at radius 2 is 1.73 bits per heavy atom. The third-order valence-corrected chi connectivity index (χ3v) is 8.98. The van der Waals surface area contributed by atoms with Gasteiger partial charge in [-0.15, -0.1) is 0 Å². The topological polar surface area (TPSA) is 83.6 Å². The van der Waals surface area contributed by atoms with Gasteiger partial charge >= 0.3 is 0 Å². The molecule has 1 aliphatic rings. The van der Waals surface area contributed by atoms with Gasteiger partial charge in [0.25, 0.3) is 0 Å². The first kappa shape index (κ1) is 22.9. The van der Waals surface area contributed by atoms with Crippen LogP contribution in [0.2, 0.25) is 0 Å². The fourth-order valence-electron chi connectivity index (χ4n) is 3.78. The van der Waals surface area contributed by atoms with Crippen LogP contribution in [0.5, 0.6) is 0 Å². The molecule has 3 rings (SSSR count). The van der Waals surface area contributed by atoms with E-state index in [0.717, 1.165) is 24.5 Å². The summed E-state index contributed by atoms with van der Waals surface area (Å²) in [6.07, 6.45) is 2.73. The van der Waals surface area contributed by atoms with E-state index in [0.29, 0.717) is 24.9 Å². The van der Waals surface area contributed by atoms with Crippen molar-refractivity contribution in [2.45, 2.75) is 55.4 Å². The second kappa shape index (κ2) is 9.13. The molecule has 2 aromatic rings. The average molecular weight is 455 g/mol. The number of sulfonamides is 2. The number of halogens is 1. The monoisotopic (exact) mass is 454 g/mol. The van der Waals surface area contributed by atoms with Crippen molar-refractivity contribution >= 4 is 20.0 Å². The number of nitrogens with one attached hydrogen (secondary N) is 1. The summed E-state index contributed by atoms with van der Waals surface area (Å²) in [5.74, 6) is -0.495. The van der Waals surface area contributed by atoms with Crippen LogP contribution < -0.4 is 4.72 Å². The summed E-state index contributed by atoms with van der Waals surface area (Å²) < 4.78 is 68.7. The fraction of sp³-hybridized carbons (Fsp3) is 0.429. The van der Waals surface area contributed by atoms with Gasteiger partial charge in [0.2, 0.25) is 20.0 Å². The molecule has 6 nitrogen and oxygen atoms in total. The van der Waals surface area contributed by atoms with Crippen molar-refractivity contribution in [2.75, 3.05) is 13.1 Å². The quantitative estimate of drug-likeness (QED) is 0.695. The van der Waals surface area contributed by atoms with Crippen LogP contribution in [0, 0.1) is 19.7 Å². The van der Waals surface area contributed by atoms with Gasteiger partial charge in [0, 0.05) is 19.1 Å². The van der Waals surface area contributed by atoms with E-state index in [4.69, 9.17) is 0 Å². The summed E-state index contributed by atoms with van der Waals surface area (Å²) in [4.78, 5) is 0.277. The average Bonchev–Trinajstić information content (AvgIpc) is 2.68. The Kier molecular flexibility index (Phi) is 6.96. The number of nitrogens with zero attached hydrogens (tertiary/aromatic N) is 1. The van der Waals surface area contributed by atoms with Crippen LogP contribution in [0.4, 0.5) is 4.39 Å². The van der Waals surface area contributed by atoms with E-state index in [1.165, 1.54) is 23.4 Å². The molecule has 0 spiro atoms. The first-order valence-electron chi connectivity index (χ1n) is 9.95. The lowest BCUT2D eigenvalue weighted by atomic mass is 10.0. The summed E-state index contributed by atoms with van der Waals surface area (Å²) in [5.41, 5.74) is 1.30. The second-order valence-corrected chi connectivity index (χ2v) is 11.3. The smallest absolute Gasteiger partial charge is 0.211 e. The van der Waals surface area contributed by atoms with E-state index in [-0.39, 0.29) is 22.4 Å². The molecule has 0 saturated carbocycles. The summed E-state index contributed by atoms with van der Waals surface area (Å²) in [6.45, 7) is 3.96. The molecule has 1 saturated heterocycles. The van der Waals surface area contributed by atoms with Crippen LogP contribution in [0.25, 0.3) is 0 Å². The van der Waals surface area contributed by atoms with Gasteiger partial charge in [-0.1, -0.05) is 24.1 Å². The van der Waals surface area contributed by atoms with Crippen molar-refractivity contribution in [3.8, 4) is 0 Å². The largest absolute Gasteiger partial charge is 0.243 e. The van der Waals surface area contributed by atoms with Gasteiger partial charge in [0.15, 0.2) is 0 Å². The molecule has 1 aliphatic heterocycles. The molecule has 9 heteroatoms. The molecule has 164 valence electrons. The number of benzene rings is 2. The zero-order valence-corrected chi connectivity index (χ0v) is 18.8. The maximum Gasteiger partial charge on any atom is 0.243 e. The number of hydrogen-bond acceptors (Lipinski definition) is 4. The Hall–Kier alpha value is -1.81. The van der Waals surface area contributed by atoms with Gasteiger partial charge in [-0.05, 0) is 69.0 Å². The molecule has 1 unspecified atom stereocenters. The van der Waals surface area contributed by atoms with Crippen LogP contribution in [-0.2, 0) is 20.0 Å². The first-order chi connectivity index (χ1) is 14.1. The molecule has 0 bridgehead atoms. The second-order valence-electron chi connectivity index (χ2n) is 7.67. The van der Waals surface area contributed by atoms with E-state index >= 15 is 0 Å². The molecule has 0 amide bonds. The third-order valence-electron chi connectivity index (χ3n) is 5.40. The van der Waals surface area contributed by atoms with Crippen molar-refractivity contribution in [3.05, 3.63) is 59.4 Å². The number of rotatable bonds is 7. The highest BCUT2D eigenvalue weighted by atomic mass is 32.2. The molecule has 1 heterocycles. The molecular weight excluding hydrogens is 427 g/mol. The lowest BCUT2D eigenvalue weighted by Gasteiger charge is -2.34. The van der Waals surface area contributed by atoms with E-state index in [2.05, 4.69) is 4.72 Å². The number of aryl methyl sites for hydroxylation is 2. The Morgan fingerprint density at radius 3 is 2.40 bits per heavy atom. The third kappa shape index (κ3) is 5.08. The molecule has 0 aromatic heterocycles. The highest BCUT2D eigenvalue weighted by molar-refractivity contribution is 7.89. The molecule has 0 radical (unpaired) electrons. The predicted molar refractivity (Wildman–Crippen MR) is 114 cm³/mol. The molecule has 30 heavy (non-hydrogen) atoms. The minimum atomic E-state index is -3.80. The zero-order valence-electron chi connectivity index (χ0n) is 17.1. The summed E-state index contributed by atoms with van der Waals surface area (Å²) in [6, 6.07) is 10.00. The SMILES string of the molecule is Cc1ccc(S(=O)(=O)N2CCCCC2CCNS(=O)(=O)c2ccc(F)cc2C)cc1. The van der Waals surface area contributed by atoms with Gasteiger partial charge in [-0.3, -0.25) is 0 Å². The van der Waals surface area contributed by atoms with Crippen molar-refractivity contribution in [1.82, 2.24) is 9.03 Å². The Morgan fingerprint density at radius 1 is 1.03 bits per heavy atom. The molecule has 1 atom stereocenters. The number of hydrogen-bond donors (Lipinski definition) is 1. The van der Waals surface area contributed by atoms with Crippen molar-refractivity contribution in [2.24, 2.45) is 0 Å². The van der Waals surface area contributed by atoms with Crippen molar-refractivity contribution in [1.29, 1.82) is 0 Å². The van der Waals surface area contributed by atoms with Gasteiger partial charge in [-0.25, -0.2) is 25.9 Å². The van der Waals surface area contributed by atoms with Crippen molar-refractivity contribution < 1.29 is 21.2 Å². The molecule has 1 fully saturated rings. The van der Waals surface area contributed by atoms with Crippen molar-refractivity contribution in [3.63, 3.8) is 0 Å². The summed E-state index contributed by atoms with van der Waals surface area (Å²) in [7, 11) is -7.45. The summed E-state index contributed by atoms with van der Waals surface area (Å²) >= 11 is 0. The van der Waals surface area contributed by atoms with Crippen LogP contribution >= 0.6 is 0 Å². The molecule has 2 aromatic carbocycles. The van der Waals surface area contributed by atoms with E-state index in [1.807, 2.05) is 6.92 Å². The number of piperidine rings is 1. The first-order valence-corrected chi connectivity index (χ1v) is 12.9. The van der Waals surface area contributed by atoms with Crippen LogP contribution in [-0.4, -0.2) is 40.3 Å². The Balaban J connectivity index is 1.71. The van der Waals surface area contributed by atoms with Gasteiger partial charge < -0.3 is 0 Å². The minimum absolute atomic E-state index is 0.0247. The van der Waals surface area contributed by atoms with Crippen LogP contribution in [0.1, 0.15) is 36.8 Å². The van der Waals surface area contributed by atoms with Crippen LogP contribution in [0.3, 0.4) is 0 Å². The normalized spacial score (nSPS) is 18.4. The highest BCUT2D eigenvalue weighted by Gasteiger charge is 2.33. The lowest BCUT2D eigenvalue weighted by molar-refractivity contribution is 0.242. The minimum Gasteiger partial charge on any atom is -0.211 e. The highest BCUT2D eigenvalue weighted by Crippen LogP contribution is 2.27. The molecule has 0 aliphatic carbocycles. The fourth-order valence-corrected chi connectivity index (χ4v) is 6.77. The predicted octanol–water partition coefficient (Wildman–Crippen LogP) is 3.35. The molecule has 1 N–H and O–H groups in total. The van der Waals surface area contributed by atoms with E-state index < -0.39 is 25.9 Å².